The summed E-state index contributed by atoms with van der Waals surface area (Å²) in [5.41, 5.74) is 1.69. The van der Waals surface area contributed by atoms with Gasteiger partial charge >= 0.3 is 0 Å². The predicted octanol–water partition coefficient (Wildman–Crippen LogP) is 2.56. The standard InChI is InChI=1S/C14H23N3O/c1-5-8-12-9-11(14(18)17(4)7-3)10-13(16-12)15-6-2/h9-10H,5-8H2,1-4H3,(H,15,16). The number of aryl methyl sites for hydroxylation is 1. The van der Waals surface area contributed by atoms with Gasteiger partial charge in [-0.05, 0) is 32.4 Å². The van der Waals surface area contributed by atoms with Gasteiger partial charge in [0, 0.05) is 31.4 Å². The summed E-state index contributed by atoms with van der Waals surface area (Å²) in [7, 11) is 1.81. The zero-order chi connectivity index (χ0) is 13.5. The van der Waals surface area contributed by atoms with Crippen LogP contribution in [0.3, 0.4) is 0 Å². The Bertz CT molecular complexity index is 380. The third kappa shape index (κ3) is 3.72. The Balaban J connectivity index is 3.05. The van der Waals surface area contributed by atoms with Gasteiger partial charge in [-0.3, -0.25) is 4.79 Å². The highest BCUT2D eigenvalue weighted by Gasteiger charge is 2.12. The number of anilines is 1. The number of nitrogens with one attached hydrogen (secondary N) is 1. The van der Waals surface area contributed by atoms with Crippen molar-refractivity contribution in [1.29, 1.82) is 0 Å². The summed E-state index contributed by atoms with van der Waals surface area (Å²) >= 11 is 0. The highest BCUT2D eigenvalue weighted by molar-refractivity contribution is 5.94. The van der Waals surface area contributed by atoms with Gasteiger partial charge in [0.15, 0.2) is 0 Å². The van der Waals surface area contributed by atoms with Crippen LogP contribution in [-0.2, 0) is 6.42 Å². The Labute approximate surface area is 109 Å². The summed E-state index contributed by atoms with van der Waals surface area (Å²) in [5.74, 6) is 0.840. The van der Waals surface area contributed by atoms with Crippen molar-refractivity contribution in [3.63, 3.8) is 0 Å². The lowest BCUT2D eigenvalue weighted by molar-refractivity contribution is 0.0802. The van der Waals surface area contributed by atoms with Gasteiger partial charge in [0.05, 0.1) is 0 Å². The van der Waals surface area contributed by atoms with Gasteiger partial charge in [0.25, 0.3) is 5.91 Å². The van der Waals surface area contributed by atoms with Crippen molar-refractivity contribution >= 4 is 11.7 Å². The van der Waals surface area contributed by atoms with E-state index >= 15 is 0 Å². The Morgan fingerprint density at radius 3 is 2.61 bits per heavy atom. The number of amides is 1. The maximum Gasteiger partial charge on any atom is 0.253 e. The molecule has 0 bridgehead atoms. The zero-order valence-electron chi connectivity index (χ0n) is 11.8. The molecule has 0 saturated heterocycles. The molecule has 1 aromatic rings. The normalized spacial score (nSPS) is 10.2. The van der Waals surface area contributed by atoms with Gasteiger partial charge in [-0.2, -0.15) is 0 Å². The number of hydrogen-bond acceptors (Lipinski definition) is 3. The third-order valence-electron chi connectivity index (χ3n) is 2.81. The van der Waals surface area contributed by atoms with Crippen molar-refractivity contribution in [2.24, 2.45) is 0 Å². The minimum atomic E-state index is 0.0522. The zero-order valence-corrected chi connectivity index (χ0v) is 11.8. The molecule has 0 fully saturated rings. The summed E-state index contributed by atoms with van der Waals surface area (Å²) in [4.78, 5) is 18.4. The molecule has 4 nitrogen and oxygen atoms in total. The summed E-state index contributed by atoms with van der Waals surface area (Å²) in [6.07, 6.45) is 1.93. The van der Waals surface area contributed by atoms with E-state index < -0.39 is 0 Å². The molecule has 0 aliphatic heterocycles. The Morgan fingerprint density at radius 2 is 2.06 bits per heavy atom. The first-order valence-electron chi connectivity index (χ1n) is 6.62. The highest BCUT2D eigenvalue weighted by atomic mass is 16.2. The Hall–Kier alpha value is -1.58. The smallest absolute Gasteiger partial charge is 0.253 e. The van der Waals surface area contributed by atoms with Crippen molar-refractivity contribution in [2.75, 3.05) is 25.5 Å². The van der Waals surface area contributed by atoms with Crippen LogP contribution >= 0.6 is 0 Å². The van der Waals surface area contributed by atoms with E-state index in [2.05, 4.69) is 17.2 Å². The summed E-state index contributed by atoms with van der Waals surface area (Å²) < 4.78 is 0. The van der Waals surface area contributed by atoms with Gasteiger partial charge in [-0.15, -0.1) is 0 Å². The molecular weight excluding hydrogens is 226 g/mol. The molecule has 0 spiro atoms. The van der Waals surface area contributed by atoms with Gasteiger partial charge in [0.1, 0.15) is 5.82 Å². The average Bonchev–Trinajstić information content (AvgIpc) is 2.37. The fourth-order valence-electron chi connectivity index (χ4n) is 1.73. The molecule has 1 rings (SSSR count). The molecule has 0 aromatic carbocycles. The molecule has 0 saturated carbocycles. The molecule has 4 heteroatoms. The van der Waals surface area contributed by atoms with Crippen molar-refractivity contribution < 1.29 is 4.79 Å². The monoisotopic (exact) mass is 249 g/mol. The molecule has 1 aromatic heterocycles. The fourth-order valence-corrected chi connectivity index (χ4v) is 1.73. The molecular formula is C14H23N3O. The van der Waals surface area contributed by atoms with Crippen molar-refractivity contribution in [3.05, 3.63) is 23.4 Å². The van der Waals surface area contributed by atoms with E-state index in [1.54, 1.807) is 4.90 Å². The minimum absolute atomic E-state index is 0.0522. The quantitative estimate of drug-likeness (QED) is 0.842. The number of pyridine rings is 1. The van der Waals surface area contributed by atoms with E-state index in [0.29, 0.717) is 12.1 Å². The van der Waals surface area contributed by atoms with Crippen LogP contribution in [0.4, 0.5) is 5.82 Å². The van der Waals surface area contributed by atoms with E-state index in [1.165, 1.54) is 0 Å². The molecule has 0 aliphatic rings. The molecule has 0 atom stereocenters. The van der Waals surface area contributed by atoms with Crippen LogP contribution in [0.25, 0.3) is 0 Å². The number of nitrogens with zero attached hydrogens (tertiary/aromatic N) is 2. The first-order chi connectivity index (χ1) is 8.62. The highest BCUT2D eigenvalue weighted by Crippen LogP contribution is 2.13. The second-order valence-electron chi connectivity index (χ2n) is 4.33. The van der Waals surface area contributed by atoms with Crippen molar-refractivity contribution in [2.45, 2.75) is 33.6 Å². The Kier molecular flexibility index (Phi) is 5.62. The number of rotatable bonds is 6. The van der Waals surface area contributed by atoms with Crippen LogP contribution in [0.1, 0.15) is 43.2 Å². The largest absolute Gasteiger partial charge is 0.370 e. The Morgan fingerprint density at radius 1 is 1.33 bits per heavy atom. The lowest BCUT2D eigenvalue weighted by Gasteiger charge is -2.16. The minimum Gasteiger partial charge on any atom is -0.370 e. The van der Waals surface area contributed by atoms with Crippen molar-refractivity contribution in [1.82, 2.24) is 9.88 Å². The molecule has 1 N–H and O–H groups in total. The van der Waals surface area contributed by atoms with E-state index in [0.717, 1.165) is 30.9 Å². The maximum absolute atomic E-state index is 12.2. The first-order valence-corrected chi connectivity index (χ1v) is 6.62. The van der Waals surface area contributed by atoms with Crippen LogP contribution in [0.15, 0.2) is 12.1 Å². The van der Waals surface area contributed by atoms with E-state index in [1.807, 2.05) is 33.0 Å². The second-order valence-corrected chi connectivity index (χ2v) is 4.33. The summed E-state index contributed by atoms with van der Waals surface area (Å²) in [5, 5.41) is 3.18. The molecule has 18 heavy (non-hydrogen) atoms. The van der Waals surface area contributed by atoms with Crippen LogP contribution in [-0.4, -0.2) is 35.9 Å². The van der Waals surface area contributed by atoms with Crippen LogP contribution < -0.4 is 5.32 Å². The number of hydrogen-bond donors (Lipinski definition) is 1. The molecule has 100 valence electrons. The number of carbonyl (C=O) groups is 1. The maximum atomic E-state index is 12.2. The van der Waals surface area contributed by atoms with Crippen molar-refractivity contribution in [3.8, 4) is 0 Å². The average molecular weight is 249 g/mol. The first kappa shape index (κ1) is 14.5. The van der Waals surface area contributed by atoms with Gasteiger partial charge in [0.2, 0.25) is 0 Å². The van der Waals surface area contributed by atoms with Crippen LogP contribution in [0.2, 0.25) is 0 Å². The second kappa shape index (κ2) is 6.99. The third-order valence-corrected chi connectivity index (χ3v) is 2.81. The fraction of sp³-hybridized carbons (Fsp3) is 0.571. The lowest BCUT2D eigenvalue weighted by Crippen LogP contribution is -2.26. The van der Waals surface area contributed by atoms with Crippen LogP contribution in [0.5, 0.6) is 0 Å². The SMILES string of the molecule is CCCc1cc(C(=O)N(C)CC)cc(NCC)n1. The van der Waals surface area contributed by atoms with Gasteiger partial charge in [-0.1, -0.05) is 13.3 Å². The molecule has 0 unspecified atom stereocenters. The van der Waals surface area contributed by atoms with Gasteiger partial charge < -0.3 is 10.2 Å². The number of aromatic nitrogens is 1. The topological polar surface area (TPSA) is 45.2 Å². The molecule has 1 heterocycles. The molecule has 0 radical (unpaired) electrons. The predicted molar refractivity (Wildman–Crippen MR) is 75.0 cm³/mol. The summed E-state index contributed by atoms with van der Waals surface area (Å²) in [6, 6.07) is 3.73. The number of carbonyl (C=O) groups excluding carboxylic acids is 1. The van der Waals surface area contributed by atoms with E-state index in [4.69, 9.17) is 0 Å². The molecule has 1 amide bonds. The van der Waals surface area contributed by atoms with E-state index in [9.17, 15) is 4.79 Å². The van der Waals surface area contributed by atoms with Crippen LogP contribution in [0, 0.1) is 0 Å². The summed E-state index contributed by atoms with van der Waals surface area (Å²) in [6.45, 7) is 7.62. The molecule has 0 aliphatic carbocycles. The lowest BCUT2D eigenvalue weighted by atomic mass is 10.1. The van der Waals surface area contributed by atoms with E-state index in [-0.39, 0.29) is 5.91 Å². The van der Waals surface area contributed by atoms with Gasteiger partial charge in [-0.25, -0.2) is 4.98 Å².